The molecular formula is C50H33N3O2. The molecule has 0 saturated carbocycles. The first-order chi connectivity index (χ1) is 27.2. The minimum atomic E-state index is -0.152. The fourth-order valence-corrected chi connectivity index (χ4v) is 8.29. The fraction of sp³-hybridized carbons (Fsp3) is 0.0600. The Bertz CT molecular complexity index is 3020. The lowest BCUT2D eigenvalue weighted by Gasteiger charge is -2.23. The molecule has 5 nitrogen and oxygen atoms in total. The number of aromatic nitrogens is 3. The molecule has 0 bridgehead atoms. The first kappa shape index (κ1) is 31.4. The van der Waals surface area contributed by atoms with Gasteiger partial charge in [0.05, 0.1) is 0 Å². The summed E-state index contributed by atoms with van der Waals surface area (Å²) in [5.74, 6) is 2.87. The van der Waals surface area contributed by atoms with E-state index in [4.69, 9.17) is 24.1 Å². The van der Waals surface area contributed by atoms with Crippen LogP contribution in [0.25, 0.3) is 88.9 Å². The van der Waals surface area contributed by atoms with E-state index in [1.807, 2.05) is 42.5 Å². The van der Waals surface area contributed by atoms with Crippen LogP contribution in [-0.2, 0) is 0 Å². The summed E-state index contributed by atoms with van der Waals surface area (Å²) in [6.45, 7) is 2.20. The topological polar surface area (TPSA) is 61.0 Å². The van der Waals surface area contributed by atoms with Gasteiger partial charge in [-0.15, -0.1) is 0 Å². The van der Waals surface area contributed by atoms with Crippen LogP contribution in [0.3, 0.4) is 0 Å². The molecule has 7 aromatic carbocycles. The zero-order valence-electron chi connectivity index (χ0n) is 30.0. The second kappa shape index (κ2) is 12.5. The number of furan rings is 1. The molecule has 0 spiro atoms. The van der Waals surface area contributed by atoms with Crippen molar-refractivity contribution >= 4 is 43.9 Å². The van der Waals surface area contributed by atoms with Gasteiger partial charge in [0.15, 0.2) is 17.5 Å². The van der Waals surface area contributed by atoms with E-state index in [1.165, 1.54) is 5.39 Å². The van der Waals surface area contributed by atoms with Gasteiger partial charge in [-0.2, -0.15) is 0 Å². The summed E-state index contributed by atoms with van der Waals surface area (Å²) in [6, 6.07) is 54.6. The number of allylic oxidation sites excluding steroid dienone is 2. The summed E-state index contributed by atoms with van der Waals surface area (Å²) in [5, 5.41) is 4.41. The van der Waals surface area contributed by atoms with Crippen molar-refractivity contribution in [2.75, 3.05) is 0 Å². The van der Waals surface area contributed by atoms with Crippen LogP contribution in [0, 0.1) is 5.92 Å². The number of hydrogen-bond acceptors (Lipinski definition) is 5. The molecule has 3 heterocycles. The second-order valence-corrected chi connectivity index (χ2v) is 14.4. The molecule has 2 atom stereocenters. The number of rotatable bonds is 5. The molecule has 9 aromatic rings. The summed E-state index contributed by atoms with van der Waals surface area (Å²) in [4.78, 5) is 15.6. The third kappa shape index (κ3) is 5.19. The Morgan fingerprint density at radius 2 is 1.16 bits per heavy atom. The van der Waals surface area contributed by atoms with Crippen molar-refractivity contribution in [2.24, 2.45) is 5.92 Å². The molecule has 0 amide bonds. The number of ether oxygens (including phenoxy) is 1. The van der Waals surface area contributed by atoms with E-state index in [-0.39, 0.29) is 12.0 Å². The van der Waals surface area contributed by atoms with Gasteiger partial charge in [0, 0.05) is 50.1 Å². The molecule has 5 heteroatoms. The highest BCUT2D eigenvalue weighted by atomic mass is 16.5. The zero-order chi connectivity index (χ0) is 36.5. The van der Waals surface area contributed by atoms with Crippen LogP contribution < -0.4 is 4.74 Å². The monoisotopic (exact) mass is 707 g/mol. The van der Waals surface area contributed by atoms with Crippen LogP contribution in [0.5, 0.6) is 5.75 Å². The number of hydrogen-bond donors (Lipinski definition) is 0. The third-order valence-corrected chi connectivity index (χ3v) is 11.0. The Kier molecular flexibility index (Phi) is 7.14. The maximum atomic E-state index is 6.66. The standard InChI is InChI=1S/C50H33N3O2/c1-30-21-24-38(45-39-27-34(31-13-5-2-6-14-31)22-25-42(39)55-47(30)45)50-52-48(33-17-9-4-10-18-33)51-49(53-50)36-23-26-41-40(28-36)46-43(54-41)29-35-19-11-12-20-37(35)44(46)32-15-7-3-8-16-32/h2-30,47H,1H3. The highest BCUT2D eigenvalue weighted by Gasteiger charge is 2.37. The maximum absolute atomic E-state index is 6.66. The Balaban J connectivity index is 1.14. The average molecular weight is 708 g/mol. The third-order valence-electron chi connectivity index (χ3n) is 11.0. The Morgan fingerprint density at radius 1 is 0.509 bits per heavy atom. The molecule has 2 unspecified atom stereocenters. The summed E-state index contributed by atoms with van der Waals surface area (Å²) in [6.07, 6.45) is 4.22. The lowest BCUT2D eigenvalue weighted by Crippen LogP contribution is -2.23. The fourth-order valence-electron chi connectivity index (χ4n) is 8.29. The lowest BCUT2D eigenvalue weighted by molar-refractivity contribution is 0.236. The quantitative estimate of drug-likeness (QED) is 0.178. The number of nitrogens with zero attached hydrogens (tertiary/aromatic N) is 3. The second-order valence-electron chi connectivity index (χ2n) is 14.4. The van der Waals surface area contributed by atoms with Gasteiger partial charge in [-0.1, -0.05) is 140 Å². The van der Waals surface area contributed by atoms with Crippen LogP contribution >= 0.6 is 0 Å². The predicted molar refractivity (Wildman–Crippen MR) is 222 cm³/mol. The van der Waals surface area contributed by atoms with Crippen LogP contribution in [0.4, 0.5) is 0 Å². The van der Waals surface area contributed by atoms with E-state index in [0.29, 0.717) is 17.5 Å². The number of fused-ring (bicyclic) bond motifs is 7. The first-order valence-corrected chi connectivity index (χ1v) is 18.7. The van der Waals surface area contributed by atoms with E-state index < -0.39 is 0 Å². The zero-order valence-corrected chi connectivity index (χ0v) is 30.0. The molecule has 260 valence electrons. The largest absolute Gasteiger partial charge is 0.484 e. The minimum absolute atomic E-state index is 0.152. The highest BCUT2D eigenvalue weighted by Crippen LogP contribution is 2.48. The van der Waals surface area contributed by atoms with E-state index in [9.17, 15) is 0 Å². The van der Waals surface area contributed by atoms with Gasteiger partial charge in [0.2, 0.25) is 0 Å². The molecule has 1 aliphatic heterocycles. The normalized spacial score (nSPS) is 16.1. The van der Waals surface area contributed by atoms with Crippen LogP contribution in [0.15, 0.2) is 174 Å². The van der Waals surface area contributed by atoms with Crippen molar-refractivity contribution in [3.63, 3.8) is 0 Å². The van der Waals surface area contributed by atoms with E-state index in [2.05, 4.69) is 134 Å². The van der Waals surface area contributed by atoms with Gasteiger partial charge in [0.25, 0.3) is 0 Å². The van der Waals surface area contributed by atoms with Crippen LogP contribution in [0.1, 0.15) is 18.3 Å². The highest BCUT2D eigenvalue weighted by molar-refractivity contribution is 6.21. The Hall–Kier alpha value is -7.11. The molecule has 11 rings (SSSR count). The SMILES string of the molecule is CC1C=CC(c2nc(-c3ccccc3)nc(-c3ccc4oc5cc6ccccc6c(-c6ccccc6)c5c4c3)n2)=C2c3cc(-c4ccccc4)ccc3OC21. The summed E-state index contributed by atoms with van der Waals surface area (Å²) in [5.41, 5.74) is 11.2. The van der Waals surface area contributed by atoms with Crippen LogP contribution in [-0.4, -0.2) is 21.1 Å². The van der Waals surface area contributed by atoms with E-state index >= 15 is 0 Å². The molecule has 0 fully saturated rings. The molecule has 2 aliphatic rings. The Morgan fingerprint density at radius 3 is 1.95 bits per heavy atom. The van der Waals surface area contributed by atoms with Gasteiger partial charge >= 0.3 is 0 Å². The lowest BCUT2D eigenvalue weighted by atomic mass is 9.84. The van der Waals surface area contributed by atoms with Gasteiger partial charge in [-0.3, -0.25) is 0 Å². The van der Waals surface area contributed by atoms with E-state index in [1.54, 1.807) is 0 Å². The van der Waals surface area contributed by atoms with Gasteiger partial charge in [-0.25, -0.2) is 15.0 Å². The van der Waals surface area contributed by atoms with Crippen molar-refractivity contribution < 1.29 is 9.15 Å². The molecular weight excluding hydrogens is 675 g/mol. The maximum Gasteiger partial charge on any atom is 0.164 e. The average Bonchev–Trinajstić information content (AvgIpc) is 3.82. The number of benzene rings is 7. The van der Waals surface area contributed by atoms with Crippen molar-refractivity contribution in [3.8, 4) is 50.8 Å². The molecule has 0 saturated heterocycles. The van der Waals surface area contributed by atoms with E-state index in [0.717, 1.165) is 83.2 Å². The summed E-state index contributed by atoms with van der Waals surface area (Å²) in [7, 11) is 0. The molecule has 0 N–H and O–H groups in total. The molecule has 1 aliphatic carbocycles. The summed E-state index contributed by atoms with van der Waals surface area (Å²) >= 11 is 0. The van der Waals surface area contributed by atoms with Crippen molar-refractivity contribution in [3.05, 3.63) is 181 Å². The molecule has 55 heavy (non-hydrogen) atoms. The summed E-state index contributed by atoms with van der Waals surface area (Å²) < 4.78 is 13.2. The Labute approximate surface area is 317 Å². The van der Waals surface area contributed by atoms with Crippen LogP contribution in [0.2, 0.25) is 0 Å². The van der Waals surface area contributed by atoms with Gasteiger partial charge < -0.3 is 9.15 Å². The van der Waals surface area contributed by atoms with Gasteiger partial charge in [-0.05, 0) is 63.9 Å². The van der Waals surface area contributed by atoms with Crippen molar-refractivity contribution in [1.82, 2.24) is 15.0 Å². The molecule has 2 aromatic heterocycles. The van der Waals surface area contributed by atoms with Crippen molar-refractivity contribution in [1.29, 1.82) is 0 Å². The molecule has 0 radical (unpaired) electrons. The first-order valence-electron chi connectivity index (χ1n) is 18.7. The van der Waals surface area contributed by atoms with Crippen molar-refractivity contribution in [2.45, 2.75) is 13.0 Å². The smallest absolute Gasteiger partial charge is 0.164 e. The van der Waals surface area contributed by atoms with Gasteiger partial charge in [0.1, 0.15) is 23.0 Å². The minimum Gasteiger partial charge on any atom is -0.484 e. The predicted octanol–water partition coefficient (Wildman–Crippen LogP) is 12.5.